The van der Waals surface area contributed by atoms with Gasteiger partial charge in [0.15, 0.2) is 5.76 Å². The molecular formula is C33H42N6O8. The molecule has 1 saturated carbocycles. The minimum Gasteiger partial charge on any atom is -0.459 e. The Morgan fingerprint density at radius 2 is 1.72 bits per heavy atom. The van der Waals surface area contributed by atoms with Gasteiger partial charge in [0.05, 0.1) is 18.3 Å². The van der Waals surface area contributed by atoms with Gasteiger partial charge in [0.25, 0.3) is 5.91 Å². The SMILES string of the molecule is Cc1ccoc1C(=O)N[C@@H]1C[C@H]2C(=O)N[C@@H](C)C(=O)N[C@@H]3CCC[C@H]3C(=O)N[C@@H]([C@@H](C)O)C(=O)N[C@@H](Cc3ccccc3)C(=O)N2C1. The fourth-order valence-electron chi connectivity index (χ4n) is 6.60. The first-order valence-electron chi connectivity index (χ1n) is 16.0. The van der Waals surface area contributed by atoms with E-state index in [1.807, 2.05) is 6.07 Å². The van der Waals surface area contributed by atoms with Gasteiger partial charge < -0.3 is 41.0 Å². The van der Waals surface area contributed by atoms with Crippen LogP contribution >= 0.6 is 0 Å². The van der Waals surface area contributed by atoms with Crippen molar-refractivity contribution in [3.05, 3.63) is 59.5 Å². The number of hydrogen-bond donors (Lipinski definition) is 6. The van der Waals surface area contributed by atoms with Gasteiger partial charge in [-0.1, -0.05) is 36.8 Å². The topological polar surface area (TPSA) is 199 Å². The standard InChI is InChI=1S/C33H42N6O8/c1-17-12-13-47-27(17)32(45)35-21-15-25-30(43)34-18(2)28(41)36-23-11-7-10-22(23)29(42)38-26(19(3)40)31(44)37-24(33(46)39(25)16-21)14-20-8-5-4-6-9-20/h4-6,8-9,12-13,18-19,21-26,40H,7,10-11,14-16H2,1-3H3,(H,34,43)(H,35,45)(H,36,41)(H,37,44)(H,38,42)/t18-,19+,21+,22+,23+,24-,25-,26-/m0/s1. The molecule has 0 radical (unpaired) electrons. The van der Waals surface area contributed by atoms with Crippen LogP contribution in [0.3, 0.4) is 0 Å². The number of furan rings is 1. The van der Waals surface area contributed by atoms with E-state index in [2.05, 4.69) is 26.6 Å². The van der Waals surface area contributed by atoms with Crippen LogP contribution in [0, 0.1) is 12.8 Å². The van der Waals surface area contributed by atoms with E-state index >= 15 is 0 Å². The fourth-order valence-corrected chi connectivity index (χ4v) is 6.60. The summed E-state index contributed by atoms with van der Waals surface area (Å²) in [6.07, 6.45) is 1.81. The molecule has 2 aromatic rings. The van der Waals surface area contributed by atoms with E-state index in [1.165, 1.54) is 25.0 Å². The monoisotopic (exact) mass is 650 g/mol. The summed E-state index contributed by atoms with van der Waals surface area (Å²) in [5.41, 5.74) is 1.34. The maximum atomic E-state index is 14.3. The molecule has 252 valence electrons. The average Bonchev–Trinajstić information content (AvgIpc) is 3.79. The molecule has 8 atom stereocenters. The van der Waals surface area contributed by atoms with Crippen LogP contribution in [0.1, 0.15) is 61.2 Å². The Hall–Kier alpha value is -4.72. The second-order valence-electron chi connectivity index (χ2n) is 12.7. The van der Waals surface area contributed by atoms with Gasteiger partial charge in [-0.25, -0.2) is 0 Å². The van der Waals surface area contributed by atoms with Crippen LogP contribution in [0.2, 0.25) is 0 Å². The molecule has 2 saturated heterocycles. The Balaban J connectivity index is 1.49. The summed E-state index contributed by atoms with van der Waals surface area (Å²) >= 11 is 0. The first-order chi connectivity index (χ1) is 22.4. The Morgan fingerprint density at radius 3 is 2.40 bits per heavy atom. The lowest BCUT2D eigenvalue weighted by Gasteiger charge is -2.32. The number of nitrogens with one attached hydrogen (secondary N) is 5. The molecule has 1 aromatic carbocycles. The highest BCUT2D eigenvalue weighted by Gasteiger charge is 2.45. The van der Waals surface area contributed by atoms with Gasteiger partial charge in [-0.05, 0) is 51.7 Å². The second-order valence-corrected chi connectivity index (χ2v) is 12.7. The largest absolute Gasteiger partial charge is 0.459 e. The van der Waals surface area contributed by atoms with E-state index in [1.54, 1.807) is 37.3 Å². The molecule has 3 aliphatic rings. The van der Waals surface area contributed by atoms with Crippen LogP contribution in [-0.4, -0.2) is 94.3 Å². The molecule has 6 amide bonds. The predicted molar refractivity (Wildman–Crippen MR) is 167 cm³/mol. The predicted octanol–water partition coefficient (Wildman–Crippen LogP) is -0.316. The lowest BCUT2D eigenvalue weighted by atomic mass is 10.00. The van der Waals surface area contributed by atoms with E-state index in [-0.39, 0.29) is 25.1 Å². The Morgan fingerprint density at radius 1 is 0.979 bits per heavy atom. The van der Waals surface area contributed by atoms with Gasteiger partial charge >= 0.3 is 0 Å². The normalized spacial score (nSPS) is 29.6. The van der Waals surface area contributed by atoms with Crippen LogP contribution in [0.15, 0.2) is 47.1 Å². The number of hydrogen-bond acceptors (Lipinski definition) is 8. The highest BCUT2D eigenvalue weighted by Crippen LogP contribution is 2.27. The number of amides is 6. The van der Waals surface area contributed by atoms with E-state index in [0.717, 1.165) is 5.56 Å². The molecular weight excluding hydrogens is 608 g/mol. The molecule has 47 heavy (non-hydrogen) atoms. The van der Waals surface area contributed by atoms with E-state index in [4.69, 9.17) is 4.42 Å². The van der Waals surface area contributed by atoms with Crippen LogP contribution in [0.4, 0.5) is 0 Å². The molecule has 1 aromatic heterocycles. The lowest BCUT2D eigenvalue weighted by Crippen LogP contribution is -2.61. The number of carbonyl (C=O) groups is 6. The highest BCUT2D eigenvalue weighted by molar-refractivity contribution is 5.97. The summed E-state index contributed by atoms with van der Waals surface area (Å²) in [4.78, 5) is 82.6. The maximum Gasteiger partial charge on any atom is 0.287 e. The third-order valence-electron chi connectivity index (χ3n) is 9.18. The molecule has 2 aliphatic heterocycles. The van der Waals surface area contributed by atoms with Crippen molar-refractivity contribution >= 4 is 35.4 Å². The Bertz CT molecular complexity index is 1510. The Kier molecular flexibility index (Phi) is 10.3. The number of rotatable bonds is 5. The third-order valence-corrected chi connectivity index (χ3v) is 9.18. The summed E-state index contributed by atoms with van der Waals surface area (Å²) in [5.74, 6) is -4.05. The third kappa shape index (κ3) is 7.64. The molecule has 1 aliphatic carbocycles. The zero-order valence-corrected chi connectivity index (χ0v) is 26.7. The molecule has 3 heterocycles. The first-order valence-corrected chi connectivity index (χ1v) is 16.0. The number of aryl methyl sites for hydroxylation is 1. The van der Waals surface area contributed by atoms with Crippen molar-refractivity contribution in [3.63, 3.8) is 0 Å². The Labute approximate surface area is 272 Å². The van der Waals surface area contributed by atoms with Crippen molar-refractivity contribution in [1.82, 2.24) is 31.5 Å². The molecule has 0 spiro atoms. The zero-order valence-electron chi connectivity index (χ0n) is 26.7. The lowest BCUT2D eigenvalue weighted by molar-refractivity contribution is -0.143. The molecule has 5 rings (SSSR count). The van der Waals surface area contributed by atoms with Crippen LogP contribution in [-0.2, 0) is 30.4 Å². The number of aliphatic hydroxyl groups is 1. The molecule has 14 heteroatoms. The van der Waals surface area contributed by atoms with Crippen molar-refractivity contribution in [1.29, 1.82) is 0 Å². The summed E-state index contributed by atoms with van der Waals surface area (Å²) < 4.78 is 5.32. The van der Waals surface area contributed by atoms with Crippen molar-refractivity contribution < 1.29 is 38.3 Å². The number of fused-ring (bicyclic) bond motifs is 2. The second kappa shape index (κ2) is 14.4. The van der Waals surface area contributed by atoms with Gasteiger partial charge in [-0.15, -0.1) is 0 Å². The van der Waals surface area contributed by atoms with Crippen molar-refractivity contribution in [2.75, 3.05) is 6.54 Å². The summed E-state index contributed by atoms with van der Waals surface area (Å²) in [5, 5.41) is 24.3. The summed E-state index contributed by atoms with van der Waals surface area (Å²) in [6.45, 7) is 4.53. The van der Waals surface area contributed by atoms with Crippen LogP contribution in [0.5, 0.6) is 0 Å². The minimum absolute atomic E-state index is 0.0421. The van der Waals surface area contributed by atoms with Crippen LogP contribution < -0.4 is 26.6 Å². The van der Waals surface area contributed by atoms with Gasteiger partial charge in [-0.2, -0.15) is 0 Å². The van der Waals surface area contributed by atoms with Gasteiger partial charge in [-0.3, -0.25) is 28.8 Å². The van der Waals surface area contributed by atoms with Gasteiger partial charge in [0, 0.05) is 30.6 Å². The summed E-state index contributed by atoms with van der Waals surface area (Å²) in [6, 6.07) is 4.73. The maximum absolute atomic E-state index is 14.3. The average molecular weight is 651 g/mol. The molecule has 6 N–H and O–H groups in total. The number of carbonyl (C=O) groups excluding carboxylic acids is 6. The zero-order chi connectivity index (χ0) is 33.8. The molecule has 0 unspecified atom stereocenters. The van der Waals surface area contributed by atoms with Gasteiger partial charge in [0.1, 0.15) is 24.2 Å². The molecule has 14 nitrogen and oxygen atoms in total. The van der Waals surface area contributed by atoms with Crippen molar-refractivity contribution in [2.45, 2.75) is 95.2 Å². The molecule has 0 bridgehead atoms. The van der Waals surface area contributed by atoms with Gasteiger partial charge in [0.2, 0.25) is 29.5 Å². The van der Waals surface area contributed by atoms with E-state index < -0.39 is 83.7 Å². The van der Waals surface area contributed by atoms with Crippen LogP contribution in [0.25, 0.3) is 0 Å². The number of aliphatic hydroxyl groups excluding tert-OH is 1. The number of benzene rings is 1. The minimum atomic E-state index is -1.39. The first kappa shape index (κ1) is 33.6. The number of nitrogens with zero attached hydrogens (tertiary/aromatic N) is 1. The fraction of sp³-hybridized carbons (Fsp3) is 0.515. The van der Waals surface area contributed by atoms with Crippen molar-refractivity contribution in [3.8, 4) is 0 Å². The van der Waals surface area contributed by atoms with Crippen molar-refractivity contribution in [2.24, 2.45) is 5.92 Å². The van der Waals surface area contributed by atoms with E-state index in [9.17, 15) is 33.9 Å². The van der Waals surface area contributed by atoms with E-state index in [0.29, 0.717) is 24.8 Å². The highest BCUT2D eigenvalue weighted by atomic mass is 16.3. The quantitative estimate of drug-likeness (QED) is 0.253. The smallest absolute Gasteiger partial charge is 0.287 e. The molecule has 3 fully saturated rings. The summed E-state index contributed by atoms with van der Waals surface area (Å²) in [7, 11) is 0.